The van der Waals surface area contributed by atoms with Crippen molar-refractivity contribution in [3.05, 3.63) is 22.3 Å². The maximum absolute atomic E-state index is 12.5. The third-order valence-corrected chi connectivity index (χ3v) is 3.25. The summed E-state index contributed by atoms with van der Waals surface area (Å²) in [6, 6.07) is 3.74. The summed E-state index contributed by atoms with van der Waals surface area (Å²) in [6.45, 7) is 1.14. The highest BCUT2D eigenvalue weighted by molar-refractivity contribution is 9.10. The van der Waals surface area contributed by atoms with Crippen LogP contribution in [-0.4, -0.2) is 48.6 Å². The lowest BCUT2D eigenvalue weighted by Crippen LogP contribution is -2.45. The highest BCUT2D eigenvalue weighted by atomic mass is 79.9. The van der Waals surface area contributed by atoms with Gasteiger partial charge in [0.1, 0.15) is 5.82 Å². The molecule has 0 bridgehead atoms. The fourth-order valence-corrected chi connectivity index (χ4v) is 2.22. The molecule has 0 radical (unpaired) electrons. The Hall–Kier alpha value is -1.65. The minimum Gasteiger partial charge on any atom is -0.372 e. The third kappa shape index (κ3) is 3.03. The summed E-state index contributed by atoms with van der Waals surface area (Å²) < 4.78 is 5.96. The number of anilines is 1. The molecule has 6 nitrogen and oxygen atoms in total. The first-order valence-corrected chi connectivity index (χ1v) is 6.58. The second-order valence-corrected chi connectivity index (χ2v) is 4.96. The van der Waals surface area contributed by atoms with E-state index in [1.807, 2.05) is 6.07 Å². The molecule has 19 heavy (non-hydrogen) atoms. The molecule has 1 unspecified atom stereocenters. The average molecular weight is 325 g/mol. The van der Waals surface area contributed by atoms with Crippen molar-refractivity contribution in [3.8, 4) is 6.07 Å². The van der Waals surface area contributed by atoms with Gasteiger partial charge < -0.3 is 15.0 Å². The van der Waals surface area contributed by atoms with Gasteiger partial charge in [-0.1, -0.05) is 0 Å². The van der Waals surface area contributed by atoms with Gasteiger partial charge >= 0.3 is 0 Å². The van der Waals surface area contributed by atoms with Gasteiger partial charge in [0.25, 0.3) is 5.91 Å². The zero-order valence-corrected chi connectivity index (χ0v) is 12.0. The van der Waals surface area contributed by atoms with Crippen LogP contribution in [0.2, 0.25) is 0 Å². The number of aromatic nitrogens is 1. The molecule has 1 N–H and O–H groups in total. The van der Waals surface area contributed by atoms with Crippen LogP contribution in [-0.2, 0) is 4.74 Å². The minimum atomic E-state index is -0.559. The number of ether oxygens (including phenoxy) is 1. The molecule has 1 fully saturated rings. The lowest BCUT2D eigenvalue weighted by Gasteiger charge is -2.30. The first-order chi connectivity index (χ1) is 9.15. The van der Waals surface area contributed by atoms with Gasteiger partial charge in [0.05, 0.1) is 24.8 Å². The number of hydrogen-bond donors (Lipinski definition) is 1. The van der Waals surface area contributed by atoms with Gasteiger partial charge in [-0.25, -0.2) is 4.98 Å². The number of halogens is 1. The van der Waals surface area contributed by atoms with Gasteiger partial charge in [-0.15, -0.1) is 0 Å². The van der Waals surface area contributed by atoms with Crippen LogP contribution in [0.3, 0.4) is 0 Å². The van der Waals surface area contributed by atoms with Gasteiger partial charge in [0.2, 0.25) is 0 Å². The van der Waals surface area contributed by atoms with Crippen molar-refractivity contribution < 1.29 is 9.53 Å². The molecular weight excluding hydrogens is 312 g/mol. The summed E-state index contributed by atoms with van der Waals surface area (Å²) in [5.41, 5.74) is 0.482. The Labute approximate surface area is 119 Å². The molecule has 1 atom stereocenters. The normalized spacial score (nSPS) is 18.8. The predicted molar refractivity (Wildman–Crippen MR) is 72.7 cm³/mol. The van der Waals surface area contributed by atoms with Crippen LogP contribution in [0.25, 0.3) is 0 Å². The Morgan fingerprint density at radius 1 is 1.74 bits per heavy atom. The van der Waals surface area contributed by atoms with Gasteiger partial charge in [0.15, 0.2) is 6.10 Å². The second-order valence-electron chi connectivity index (χ2n) is 4.04. The first kappa shape index (κ1) is 13.8. The molecule has 1 aliphatic rings. The van der Waals surface area contributed by atoms with Gasteiger partial charge in [-0.2, -0.15) is 5.26 Å². The lowest BCUT2D eigenvalue weighted by atomic mass is 10.2. The number of carbonyl (C=O) groups excluding carboxylic acids is 1. The fourth-order valence-electron chi connectivity index (χ4n) is 1.88. The third-order valence-electron chi connectivity index (χ3n) is 2.82. The summed E-state index contributed by atoms with van der Waals surface area (Å²) in [5.74, 6) is 0.370. The molecule has 0 spiro atoms. The molecule has 1 amide bonds. The Morgan fingerprint density at radius 2 is 2.53 bits per heavy atom. The zero-order valence-electron chi connectivity index (χ0n) is 10.4. The van der Waals surface area contributed by atoms with E-state index in [1.54, 1.807) is 24.2 Å². The molecule has 7 heteroatoms. The number of nitriles is 1. The molecule has 1 aromatic rings. The summed E-state index contributed by atoms with van der Waals surface area (Å²) in [7, 11) is 1.71. The van der Waals surface area contributed by atoms with E-state index in [-0.39, 0.29) is 12.5 Å². The molecule has 1 aromatic heterocycles. The van der Waals surface area contributed by atoms with Crippen molar-refractivity contribution in [2.45, 2.75) is 6.10 Å². The van der Waals surface area contributed by atoms with E-state index in [2.05, 4.69) is 26.2 Å². The SMILES string of the molecule is CNc1ncc(Br)cc1C(=O)N1CCOC(C#N)C1. The Bertz CT molecular complexity index is 529. The van der Waals surface area contributed by atoms with Crippen LogP contribution in [0, 0.1) is 11.3 Å². The molecule has 1 saturated heterocycles. The van der Waals surface area contributed by atoms with Crippen LogP contribution < -0.4 is 5.32 Å². The van der Waals surface area contributed by atoms with E-state index in [1.165, 1.54) is 0 Å². The highest BCUT2D eigenvalue weighted by Crippen LogP contribution is 2.20. The monoisotopic (exact) mass is 324 g/mol. The summed E-state index contributed by atoms with van der Waals surface area (Å²) in [5, 5.41) is 11.8. The molecule has 2 rings (SSSR count). The van der Waals surface area contributed by atoms with Crippen molar-refractivity contribution in [2.75, 3.05) is 32.1 Å². The molecule has 0 saturated carbocycles. The number of carbonyl (C=O) groups is 1. The number of hydrogen-bond acceptors (Lipinski definition) is 5. The Balaban J connectivity index is 2.24. The van der Waals surface area contributed by atoms with E-state index in [9.17, 15) is 4.79 Å². The Morgan fingerprint density at radius 3 is 3.21 bits per heavy atom. The van der Waals surface area contributed by atoms with E-state index in [0.717, 1.165) is 4.47 Å². The largest absolute Gasteiger partial charge is 0.372 e. The van der Waals surface area contributed by atoms with E-state index in [0.29, 0.717) is 24.5 Å². The number of morpholine rings is 1. The van der Waals surface area contributed by atoms with Crippen molar-refractivity contribution in [1.82, 2.24) is 9.88 Å². The van der Waals surface area contributed by atoms with E-state index >= 15 is 0 Å². The minimum absolute atomic E-state index is 0.151. The second kappa shape index (κ2) is 5.99. The molecule has 1 aliphatic heterocycles. The Kier molecular flexibility index (Phi) is 4.35. The number of amides is 1. The number of pyridine rings is 1. The van der Waals surface area contributed by atoms with Crippen LogP contribution in [0.4, 0.5) is 5.82 Å². The lowest BCUT2D eigenvalue weighted by molar-refractivity contribution is 0.00349. The number of rotatable bonds is 2. The van der Waals surface area contributed by atoms with Gasteiger partial charge in [-0.3, -0.25) is 4.79 Å². The predicted octanol–water partition coefficient (Wildman–Crippen LogP) is 1.25. The molecule has 0 aliphatic carbocycles. The van der Waals surface area contributed by atoms with E-state index in [4.69, 9.17) is 10.00 Å². The molecular formula is C12H13BrN4O2. The maximum Gasteiger partial charge on any atom is 0.257 e. The zero-order chi connectivity index (χ0) is 13.8. The van der Waals surface area contributed by atoms with Crippen LogP contribution >= 0.6 is 15.9 Å². The van der Waals surface area contributed by atoms with Gasteiger partial charge in [0, 0.05) is 24.3 Å². The first-order valence-electron chi connectivity index (χ1n) is 5.79. The van der Waals surface area contributed by atoms with Crippen LogP contribution in [0.1, 0.15) is 10.4 Å². The molecule has 2 heterocycles. The van der Waals surface area contributed by atoms with Crippen molar-refractivity contribution in [2.24, 2.45) is 0 Å². The summed E-state index contributed by atoms with van der Waals surface area (Å²) >= 11 is 3.31. The van der Waals surface area contributed by atoms with Crippen LogP contribution in [0.5, 0.6) is 0 Å². The summed E-state index contributed by atoms with van der Waals surface area (Å²) in [4.78, 5) is 18.2. The molecule has 100 valence electrons. The quantitative estimate of drug-likeness (QED) is 0.885. The topological polar surface area (TPSA) is 78.2 Å². The average Bonchev–Trinajstić information content (AvgIpc) is 2.46. The summed E-state index contributed by atoms with van der Waals surface area (Å²) in [6.07, 6.45) is 1.07. The van der Waals surface area contributed by atoms with E-state index < -0.39 is 6.10 Å². The van der Waals surface area contributed by atoms with Crippen molar-refractivity contribution in [1.29, 1.82) is 5.26 Å². The fraction of sp³-hybridized carbons (Fsp3) is 0.417. The molecule has 0 aromatic carbocycles. The standard InChI is InChI=1S/C12H13BrN4O2/c1-15-11-10(4-8(13)6-16-11)12(18)17-2-3-19-9(5-14)7-17/h4,6,9H,2-3,7H2,1H3,(H,15,16). The van der Waals surface area contributed by atoms with Crippen molar-refractivity contribution >= 4 is 27.7 Å². The maximum atomic E-state index is 12.5. The van der Waals surface area contributed by atoms with Crippen molar-refractivity contribution in [3.63, 3.8) is 0 Å². The smallest absolute Gasteiger partial charge is 0.257 e. The number of nitrogens with one attached hydrogen (secondary N) is 1. The highest BCUT2D eigenvalue weighted by Gasteiger charge is 2.26. The van der Waals surface area contributed by atoms with Gasteiger partial charge in [-0.05, 0) is 22.0 Å². The van der Waals surface area contributed by atoms with Crippen LogP contribution in [0.15, 0.2) is 16.7 Å². The number of nitrogens with zero attached hydrogens (tertiary/aromatic N) is 3.